The summed E-state index contributed by atoms with van der Waals surface area (Å²) >= 11 is 5.56. The monoisotopic (exact) mass is 220 g/mol. The van der Waals surface area contributed by atoms with Crippen LogP contribution in [0.15, 0.2) is 24.3 Å². The van der Waals surface area contributed by atoms with Crippen molar-refractivity contribution in [3.63, 3.8) is 0 Å². The Morgan fingerprint density at radius 2 is 1.86 bits per heavy atom. The maximum atomic E-state index is 12.3. The van der Waals surface area contributed by atoms with Gasteiger partial charge in [0.2, 0.25) is 0 Å². The summed E-state index contributed by atoms with van der Waals surface area (Å²) in [6, 6.07) is 3.46. The normalized spacial score (nSPS) is 12.4. The van der Waals surface area contributed by atoms with Gasteiger partial charge in [-0.1, -0.05) is 23.8 Å². The van der Waals surface area contributed by atoms with Crippen LogP contribution in [0.4, 0.5) is 13.2 Å². The Morgan fingerprint density at radius 1 is 1.21 bits per heavy atom. The molecule has 4 heteroatoms. The number of halogens is 4. The molecule has 0 heterocycles. The van der Waals surface area contributed by atoms with E-state index in [0.29, 0.717) is 5.56 Å². The van der Waals surface area contributed by atoms with Gasteiger partial charge in [-0.05, 0) is 30.7 Å². The van der Waals surface area contributed by atoms with Crippen molar-refractivity contribution in [2.24, 2.45) is 0 Å². The van der Waals surface area contributed by atoms with Crippen molar-refractivity contribution in [1.82, 2.24) is 0 Å². The van der Waals surface area contributed by atoms with Gasteiger partial charge in [-0.25, -0.2) is 0 Å². The van der Waals surface area contributed by atoms with Crippen LogP contribution in [0.2, 0.25) is 5.02 Å². The first-order valence-corrected chi connectivity index (χ1v) is 4.32. The molecular formula is C10H8ClF3. The maximum Gasteiger partial charge on any atom is 0.416 e. The smallest absolute Gasteiger partial charge is 0.166 e. The lowest BCUT2D eigenvalue weighted by Crippen LogP contribution is -2.04. The van der Waals surface area contributed by atoms with Crippen LogP contribution in [0.25, 0.3) is 6.08 Å². The summed E-state index contributed by atoms with van der Waals surface area (Å²) in [5, 5.41) is 0.0907. The number of rotatable bonds is 1. The van der Waals surface area contributed by atoms with Crippen LogP contribution in [-0.2, 0) is 6.18 Å². The van der Waals surface area contributed by atoms with Crippen molar-refractivity contribution < 1.29 is 13.2 Å². The number of alkyl halides is 3. The van der Waals surface area contributed by atoms with E-state index in [-0.39, 0.29) is 5.02 Å². The highest BCUT2D eigenvalue weighted by atomic mass is 35.5. The van der Waals surface area contributed by atoms with Gasteiger partial charge in [-0.15, -0.1) is 0 Å². The summed E-state index contributed by atoms with van der Waals surface area (Å²) in [7, 11) is 0. The molecule has 0 saturated carbocycles. The van der Waals surface area contributed by atoms with E-state index in [1.165, 1.54) is 6.07 Å². The molecule has 0 saturated heterocycles. The standard InChI is InChI=1S/C10H8ClF3/c1-2-3-7-4-8(10(12,13)14)6-9(11)5-7/h2-6H,1H3. The minimum Gasteiger partial charge on any atom is -0.166 e. The second kappa shape index (κ2) is 4.05. The molecule has 0 aliphatic heterocycles. The molecule has 0 unspecified atom stereocenters. The van der Waals surface area contributed by atoms with Crippen molar-refractivity contribution in [2.75, 3.05) is 0 Å². The second-order valence-electron chi connectivity index (χ2n) is 2.77. The van der Waals surface area contributed by atoms with Gasteiger partial charge in [0.1, 0.15) is 0 Å². The fourth-order valence-electron chi connectivity index (χ4n) is 1.06. The summed E-state index contributed by atoms with van der Waals surface area (Å²) in [6.07, 6.45) is -1.12. The van der Waals surface area contributed by atoms with Crippen molar-refractivity contribution in [1.29, 1.82) is 0 Å². The van der Waals surface area contributed by atoms with E-state index in [4.69, 9.17) is 11.6 Å². The van der Waals surface area contributed by atoms with Crippen LogP contribution >= 0.6 is 11.6 Å². The zero-order valence-corrected chi connectivity index (χ0v) is 8.15. The van der Waals surface area contributed by atoms with Crippen LogP contribution in [0.3, 0.4) is 0 Å². The summed E-state index contributed by atoms with van der Waals surface area (Å²) in [5.74, 6) is 0. The largest absolute Gasteiger partial charge is 0.416 e. The van der Waals surface area contributed by atoms with Crippen molar-refractivity contribution in [3.8, 4) is 0 Å². The molecule has 14 heavy (non-hydrogen) atoms. The molecule has 0 bridgehead atoms. The van der Waals surface area contributed by atoms with Crippen LogP contribution in [0.5, 0.6) is 0 Å². The highest BCUT2D eigenvalue weighted by Crippen LogP contribution is 2.32. The third kappa shape index (κ3) is 2.77. The van der Waals surface area contributed by atoms with Crippen LogP contribution in [-0.4, -0.2) is 0 Å². The van der Waals surface area contributed by atoms with Gasteiger partial charge < -0.3 is 0 Å². The molecule has 0 aliphatic rings. The Bertz CT molecular complexity index is 353. The van der Waals surface area contributed by atoms with E-state index < -0.39 is 11.7 Å². The van der Waals surface area contributed by atoms with Gasteiger partial charge in [0.05, 0.1) is 5.56 Å². The van der Waals surface area contributed by atoms with Gasteiger partial charge >= 0.3 is 6.18 Å². The number of allylic oxidation sites excluding steroid dienone is 1. The molecule has 0 atom stereocenters. The van der Waals surface area contributed by atoms with E-state index >= 15 is 0 Å². The van der Waals surface area contributed by atoms with Gasteiger partial charge in [0, 0.05) is 5.02 Å². The molecule has 1 rings (SSSR count). The average molecular weight is 221 g/mol. The highest BCUT2D eigenvalue weighted by Gasteiger charge is 2.30. The predicted octanol–water partition coefficient (Wildman–Crippen LogP) is 4.39. The molecule has 1 aromatic carbocycles. The van der Waals surface area contributed by atoms with Crippen LogP contribution in [0.1, 0.15) is 18.1 Å². The predicted molar refractivity (Wildman–Crippen MR) is 51.2 cm³/mol. The molecule has 0 aliphatic carbocycles. The van der Waals surface area contributed by atoms with E-state index in [0.717, 1.165) is 12.1 Å². The lowest BCUT2D eigenvalue weighted by Gasteiger charge is -2.07. The molecular weight excluding hydrogens is 213 g/mol. The topological polar surface area (TPSA) is 0 Å². The highest BCUT2D eigenvalue weighted by molar-refractivity contribution is 6.30. The Balaban J connectivity index is 3.20. The number of hydrogen-bond acceptors (Lipinski definition) is 0. The third-order valence-electron chi connectivity index (χ3n) is 1.61. The fourth-order valence-corrected chi connectivity index (χ4v) is 1.31. The minimum absolute atomic E-state index is 0.0907. The molecule has 76 valence electrons. The van der Waals surface area contributed by atoms with Gasteiger partial charge in [0.25, 0.3) is 0 Å². The zero-order valence-electron chi connectivity index (χ0n) is 7.40. The second-order valence-corrected chi connectivity index (χ2v) is 3.21. The van der Waals surface area contributed by atoms with Crippen LogP contribution < -0.4 is 0 Å². The zero-order chi connectivity index (χ0) is 10.8. The molecule has 1 aromatic rings. The Kier molecular flexibility index (Phi) is 3.21. The lowest BCUT2D eigenvalue weighted by molar-refractivity contribution is -0.137. The molecule has 0 fully saturated rings. The minimum atomic E-state index is -4.35. The lowest BCUT2D eigenvalue weighted by atomic mass is 10.1. The Labute approximate surface area is 85.0 Å². The first-order valence-electron chi connectivity index (χ1n) is 3.94. The van der Waals surface area contributed by atoms with E-state index in [1.54, 1.807) is 19.1 Å². The summed E-state index contributed by atoms with van der Waals surface area (Å²) < 4.78 is 36.9. The quantitative estimate of drug-likeness (QED) is 0.658. The summed E-state index contributed by atoms with van der Waals surface area (Å²) in [6.45, 7) is 1.73. The third-order valence-corrected chi connectivity index (χ3v) is 1.82. The molecule has 0 N–H and O–H groups in total. The van der Waals surface area contributed by atoms with E-state index in [1.807, 2.05) is 0 Å². The van der Waals surface area contributed by atoms with E-state index in [2.05, 4.69) is 0 Å². The Morgan fingerprint density at radius 3 is 2.36 bits per heavy atom. The number of benzene rings is 1. The van der Waals surface area contributed by atoms with Crippen molar-refractivity contribution in [3.05, 3.63) is 40.4 Å². The van der Waals surface area contributed by atoms with Crippen LogP contribution in [0, 0.1) is 0 Å². The van der Waals surface area contributed by atoms with Gasteiger partial charge in [-0.2, -0.15) is 13.2 Å². The fraction of sp³-hybridized carbons (Fsp3) is 0.200. The molecule has 0 radical (unpaired) electrons. The van der Waals surface area contributed by atoms with Crippen molar-refractivity contribution in [2.45, 2.75) is 13.1 Å². The molecule has 0 spiro atoms. The summed E-state index contributed by atoms with van der Waals surface area (Å²) in [5.41, 5.74) is -0.273. The molecule has 0 amide bonds. The van der Waals surface area contributed by atoms with Gasteiger partial charge in [0.15, 0.2) is 0 Å². The SMILES string of the molecule is CC=Cc1cc(Cl)cc(C(F)(F)F)c1. The maximum absolute atomic E-state index is 12.3. The number of hydrogen-bond donors (Lipinski definition) is 0. The first-order chi connectivity index (χ1) is 6.43. The van der Waals surface area contributed by atoms with E-state index in [9.17, 15) is 13.2 Å². The molecule has 0 aromatic heterocycles. The summed E-state index contributed by atoms with van der Waals surface area (Å²) in [4.78, 5) is 0. The average Bonchev–Trinajstić information content (AvgIpc) is 2.02. The van der Waals surface area contributed by atoms with Gasteiger partial charge in [-0.3, -0.25) is 0 Å². The van der Waals surface area contributed by atoms with Crippen molar-refractivity contribution >= 4 is 17.7 Å². The molecule has 0 nitrogen and oxygen atoms in total. The Hall–Kier alpha value is -0.960. The first kappa shape index (κ1) is 11.1.